The summed E-state index contributed by atoms with van der Waals surface area (Å²) in [5.74, 6) is 1.46. The monoisotopic (exact) mass is 428 g/mol. The highest BCUT2D eigenvalue weighted by molar-refractivity contribution is 9.10. The van der Waals surface area contributed by atoms with Crippen molar-refractivity contribution in [2.75, 3.05) is 0 Å². The quantitative estimate of drug-likeness (QED) is 0.393. The zero-order valence-corrected chi connectivity index (χ0v) is 16.1. The Morgan fingerprint density at radius 2 is 1.58 bits per heavy atom. The van der Waals surface area contributed by atoms with Gasteiger partial charge >= 0.3 is 0 Å². The van der Waals surface area contributed by atoms with Crippen LogP contribution in [0.5, 0.6) is 0 Å². The molecule has 0 aliphatic rings. The van der Waals surface area contributed by atoms with E-state index >= 15 is 0 Å². The van der Waals surface area contributed by atoms with Gasteiger partial charge in [0.2, 0.25) is 17.7 Å². The summed E-state index contributed by atoms with van der Waals surface area (Å²) in [5, 5.41) is 16.8. The van der Waals surface area contributed by atoms with E-state index in [1.807, 2.05) is 61.5 Å². The highest BCUT2D eigenvalue weighted by Crippen LogP contribution is 2.36. The number of thioether (sulfide) groups is 1. The lowest BCUT2D eigenvalue weighted by Crippen LogP contribution is -1.88. The number of aromatic nitrogens is 4. The summed E-state index contributed by atoms with van der Waals surface area (Å²) in [6.45, 7) is 1.95. The van der Waals surface area contributed by atoms with Crippen molar-refractivity contribution in [1.82, 2.24) is 20.4 Å². The van der Waals surface area contributed by atoms with Crippen molar-refractivity contribution < 1.29 is 8.83 Å². The fourth-order valence-electron chi connectivity index (χ4n) is 2.30. The molecule has 0 aliphatic carbocycles. The number of halogens is 1. The van der Waals surface area contributed by atoms with Gasteiger partial charge in [-0.3, -0.25) is 0 Å². The van der Waals surface area contributed by atoms with Crippen molar-refractivity contribution in [3.63, 3.8) is 0 Å². The summed E-state index contributed by atoms with van der Waals surface area (Å²) in [7, 11) is 0. The Morgan fingerprint density at radius 1 is 0.846 bits per heavy atom. The third-order valence-corrected chi connectivity index (χ3v) is 5.21. The number of rotatable bonds is 5. The Balaban J connectivity index is 1.50. The van der Waals surface area contributed by atoms with Crippen LogP contribution in [0.4, 0.5) is 0 Å². The maximum atomic E-state index is 5.77. The van der Waals surface area contributed by atoms with Crippen LogP contribution in [0.1, 0.15) is 18.1 Å². The van der Waals surface area contributed by atoms with Gasteiger partial charge < -0.3 is 8.83 Å². The fraction of sp³-hybridized carbons (Fsp3) is 0.111. The van der Waals surface area contributed by atoms with E-state index in [4.69, 9.17) is 8.83 Å². The van der Waals surface area contributed by atoms with Crippen LogP contribution in [0.15, 0.2) is 73.1 Å². The maximum absolute atomic E-state index is 5.77. The Labute approximate surface area is 162 Å². The van der Waals surface area contributed by atoms with Crippen LogP contribution in [0.3, 0.4) is 0 Å². The molecule has 8 heteroatoms. The second kappa shape index (κ2) is 7.43. The third kappa shape index (κ3) is 3.56. The van der Waals surface area contributed by atoms with Crippen LogP contribution < -0.4 is 0 Å². The van der Waals surface area contributed by atoms with Gasteiger partial charge in [-0.05, 0) is 47.1 Å². The van der Waals surface area contributed by atoms with Crippen LogP contribution in [0.2, 0.25) is 0 Å². The SMILES string of the molecule is CC(Sc1nnc(-c2ccccc2Br)o1)c1nnc(-c2ccccc2)o1. The molecule has 0 fully saturated rings. The molecule has 2 heterocycles. The first-order valence-corrected chi connectivity index (χ1v) is 9.52. The van der Waals surface area contributed by atoms with Gasteiger partial charge in [0.15, 0.2) is 0 Å². The average Bonchev–Trinajstić information content (AvgIpc) is 3.33. The molecule has 4 rings (SSSR count). The fourth-order valence-corrected chi connectivity index (χ4v) is 3.47. The van der Waals surface area contributed by atoms with Gasteiger partial charge in [0.25, 0.3) is 5.22 Å². The van der Waals surface area contributed by atoms with Crippen molar-refractivity contribution in [3.05, 3.63) is 65.0 Å². The Morgan fingerprint density at radius 3 is 2.38 bits per heavy atom. The Kier molecular flexibility index (Phi) is 4.85. The summed E-state index contributed by atoms with van der Waals surface area (Å²) in [5.41, 5.74) is 1.74. The van der Waals surface area contributed by atoms with Crippen molar-refractivity contribution in [2.24, 2.45) is 0 Å². The van der Waals surface area contributed by atoms with Crippen LogP contribution >= 0.6 is 27.7 Å². The van der Waals surface area contributed by atoms with Gasteiger partial charge in [0.1, 0.15) is 0 Å². The molecule has 0 amide bonds. The predicted octanol–water partition coefficient (Wildman–Crippen LogP) is 5.40. The van der Waals surface area contributed by atoms with E-state index < -0.39 is 0 Å². The molecule has 2 aromatic carbocycles. The number of benzene rings is 2. The van der Waals surface area contributed by atoms with Crippen LogP contribution in [-0.4, -0.2) is 20.4 Å². The highest BCUT2D eigenvalue weighted by Gasteiger charge is 2.20. The van der Waals surface area contributed by atoms with Gasteiger partial charge in [0, 0.05) is 10.0 Å². The van der Waals surface area contributed by atoms with Gasteiger partial charge in [-0.25, -0.2) is 0 Å². The minimum atomic E-state index is -0.118. The predicted molar refractivity (Wildman–Crippen MR) is 101 cm³/mol. The maximum Gasteiger partial charge on any atom is 0.277 e. The number of hydrogen-bond donors (Lipinski definition) is 0. The topological polar surface area (TPSA) is 77.8 Å². The van der Waals surface area contributed by atoms with Crippen LogP contribution in [0.25, 0.3) is 22.9 Å². The van der Waals surface area contributed by atoms with E-state index in [0.717, 1.165) is 15.6 Å². The van der Waals surface area contributed by atoms with Crippen molar-refractivity contribution in [2.45, 2.75) is 17.4 Å². The first kappa shape index (κ1) is 17.0. The zero-order valence-electron chi connectivity index (χ0n) is 13.7. The third-order valence-electron chi connectivity index (χ3n) is 3.60. The summed E-state index contributed by atoms with van der Waals surface area (Å²) >= 11 is 4.86. The lowest BCUT2D eigenvalue weighted by Gasteiger charge is -2.02. The number of hydrogen-bond acceptors (Lipinski definition) is 7. The normalized spacial score (nSPS) is 12.2. The standard InChI is InChI=1S/C18H13BrN4O2S/c1-11(15-20-21-16(24-15)12-7-3-2-4-8-12)26-18-23-22-17(25-18)13-9-5-6-10-14(13)19/h2-11H,1H3. The molecule has 26 heavy (non-hydrogen) atoms. The molecule has 0 spiro atoms. The minimum Gasteiger partial charge on any atom is -0.419 e. The molecular weight excluding hydrogens is 416 g/mol. The summed E-state index contributed by atoms with van der Waals surface area (Å²) < 4.78 is 12.4. The van der Waals surface area contributed by atoms with E-state index in [2.05, 4.69) is 36.3 Å². The average molecular weight is 429 g/mol. The first-order valence-electron chi connectivity index (χ1n) is 7.84. The molecule has 0 aliphatic heterocycles. The minimum absolute atomic E-state index is 0.118. The molecule has 0 bridgehead atoms. The van der Waals surface area contributed by atoms with E-state index in [1.54, 1.807) is 0 Å². The van der Waals surface area contributed by atoms with Gasteiger partial charge in [-0.2, -0.15) is 0 Å². The van der Waals surface area contributed by atoms with E-state index in [0.29, 0.717) is 22.9 Å². The van der Waals surface area contributed by atoms with Crippen LogP contribution in [-0.2, 0) is 0 Å². The van der Waals surface area contributed by atoms with Crippen molar-refractivity contribution in [1.29, 1.82) is 0 Å². The first-order chi connectivity index (χ1) is 12.7. The Hall–Kier alpha value is -2.45. The van der Waals surface area contributed by atoms with Gasteiger partial charge in [-0.15, -0.1) is 20.4 Å². The van der Waals surface area contributed by atoms with E-state index in [9.17, 15) is 0 Å². The molecule has 6 nitrogen and oxygen atoms in total. The molecular formula is C18H13BrN4O2S. The molecule has 1 atom stereocenters. The van der Waals surface area contributed by atoms with Gasteiger partial charge in [0.05, 0.1) is 10.8 Å². The van der Waals surface area contributed by atoms with Crippen molar-refractivity contribution in [3.8, 4) is 22.9 Å². The second-order valence-electron chi connectivity index (χ2n) is 5.42. The largest absolute Gasteiger partial charge is 0.419 e. The Bertz CT molecular complexity index is 1020. The lowest BCUT2D eigenvalue weighted by molar-refractivity contribution is 0.461. The molecule has 2 aromatic heterocycles. The van der Waals surface area contributed by atoms with E-state index in [1.165, 1.54) is 11.8 Å². The number of nitrogens with zero attached hydrogens (tertiary/aromatic N) is 4. The molecule has 130 valence electrons. The summed E-state index contributed by atoms with van der Waals surface area (Å²) in [6.07, 6.45) is 0. The summed E-state index contributed by atoms with van der Waals surface area (Å²) in [4.78, 5) is 0. The van der Waals surface area contributed by atoms with Crippen molar-refractivity contribution >= 4 is 27.7 Å². The molecule has 0 saturated heterocycles. The van der Waals surface area contributed by atoms with E-state index in [-0.39, 0.29) is 5.25 Å². The van der Waals surface area contributed by atoms with Crippen LogP contribution in [0, 0.1) is 0 Å². The smallest absolute Gasteiger partial charge is 0.277 e. The van der Waals surface area contributed by atoms with Gasteiger partial charge in [-0.1, -0.05) is 42.1 Å². The molecule has 4 aromatic rings. The zero-order chi connectivity index (χ0) is 17.9. The molecule has 1 unspecified atom stereocenters. The molecule has 0 saturated carbocycles. The summed E-state index contributed by atoms with van der Waals surface area (Å²) in [6, 6.07) is 17.4. The molecule has 0 N–H and O–H groups in total. The molecule has 0 radical (unpaired) electrons. The highest BCUT2D eigenvalue weighted by atomic mass is 79.9. The second-order valence-corrected chi connectivity index (χ2v) is 7.57. The lowest BCUT2D eigenvalue weighted by atomic mass is 10.2.